The second-order valence-electron chi connectivity index (χ2n) is 7.02. The third-order valence-corrected chi connectivity index (χ3v) is 6.35. The van der Waals surface area contributed by atoms with Crippen LogP contribution in [0.25, 0.3) is 0 Å². The summed E-state index contributed by atoms with van der Waals surface area (Å²) in [6, 6.07) is 0. The Balaban J connectivity index is 1.83. The van der Waals surface area contributed by atoms with Crippen LogP contribution >= 0.6 is 0 Å². The van der Waals surface area contributed by atoms with Crippen LogP contribution in [0.1, 0.15) is 58.8 Å². The summed E-state index contributed by atoms with van der Waals surface area (Å²) in [6.45, 7) is 4.83. The monoisotopic (exact) mass is 222 g/mol. The molecule has 0 aliphatic heterocycles. The van der Waals surface area contributed by atoms with Crippen molar-refractivity contribution in [3.63, 3.8) is 0 Å². The Hall–Kier alpha value is -0.0400. The molecule has 92 valence electrons. The summed E-state index contributed by atoms with van der Waals surface area (Å²) in [6.07, 6.45) is 9.57. The highest BCUT2D eigenvalue weighted by atomic mass is 16.3. The molecule has 6 atom stereocenters. The van der Waals surface area contributed by atoms with Gasteiger partial charge in [-0.1, -0.05) is 20.3 Å². The summed E-state index contributed by atoms with van der Waals surface area (Å²) in [5, 5.41) is 10.0. The summed E-state index contributed by atoms with van der Waals surface area (Å²) >= 11 is 0. The second kappa shape index (κ2) is 3.73. The highest BCUT2D eigenvalue weighted by Gasteiger charge is 2.51. The van der Waals surface area contributed by atoms with E-state index in [4.69, 9.17) is 0 Å². The lowest BCUT2D eigenvalue weighted by molar-refractivity contribution is -0.0625. The van der Waals surface area contributed by atoms with Gasteiger partial charge in [0.2, 0.25) is 0 Å². The molecule has 0 saturated heterocycles. The number of hydrogen-bond donors (Lipinski definition) is 1. The van der Waals surface area contributed by atoms with E-state index in [9.17, 15) is 5.11 Å². The molecular formula is C15H26O. The Kier molecular flexibility index (Phi) is 2.58. The van der Waals surface area contributed by atoms with Crippen molar-refractivity contribution in [1.82, 2.24) is 0 Å². The molecule has 0 aromatic carbocycles. The summed E-state index contributed by atoms with van der Waals surface area (Å²) in [4.78, 5) is 0. The van der Waals surface area contributed by atoms with Crippen LogP contribution in [-0.4, -0.2) is 11.2 Å². The number of hydrogen-bond acceptors (Lipinski definition) is 1. The molecule has 0 aromatic rings. The second-order valence-corrected chi connectivity index (χ2v) is 7.02. The van der Waals surface area contributed by atoms with E-state index in [-0.39, 0.29) is 6.10 Å². The number of fused-ring (bicyclic) bond motifs is 3. The molecule has 3 aliphatic carbocycles. The number of aliphatic hydroxyl groups excluding tert-OH is 1. The molecule has 6 unspecified atom stereocenters. The lowest BCUT2D eigenvalue weighted by Gasteiger charge is -2.52. The quantitative estimate of drug-likeness (QED) is 0.664. The molecule has 0 amide bonds. The highest BCUT2D eigenvalue weighted by molar-refractivity contribution is 5.01. The van der Waals surface area contributed by atoms with E-state index in [1.165, 1.54) is 38.5 Å². The highest BCUT2D eigenvalue weighted by Crippen LogP contribution is 2.59. The van der Waals surface area contributed by atoms with E-state index in [2.05, 4.69) is 13.8 Å². The van der Waals surface area contributed by atoms with E-state index in [0.717, 1.165) is 24.2 Å². The van der Waals surface area contributed by atoms with Gasteiger partial charge in [-0.05, 0) is 67.6 Å². The van der Waals surface area contributed by atoms with Crippen molar-refractivity contribution in [3.05, 3.63) is 0 Å². The van der Waals surface area contributed by atoms with Crippen LogP contribution in [0.4, 0.5) is 0 Å². The van der Waals surface area contributed by atoms with Gasteiger partial charge in [-0.3, -0.25) is 0 Å². The van der Waals surface area contributed by atoms with E-state index < -0.39 is 0 Å². The van der Waals surface area contributed by atoms with Gasteiger partial charge in [0.25, 0.3) is 0 Å². The third kappa shape index (κ3) is 1.47. The van der Waals surface area contributed by atoms with Crippen molar-refractivity contribution in [1.29, 1.82) is 0 Å². The van der Waals surface area contributed by atoms with Gasteiger partial charge in [0.1, 0.15) is 0 Å². The first-order valence-corrected chi connectivity index (χ1v) is 7.30. The van der Waals surface area contributed by atoms with Gasteiger partial charge in [-0.2, -0.15) is 0 Å². The molecule has 0 bridgehead atoms. The minimum atomic E-state index is -0.00740. The summed E-state index contributed by atoms with van der Waals surface area (Å²) < 4.78 is 0. The van der Waals surface area contributed by atoms with E-state index >= 15 is 0 Å². The van der Waals surface area contributed by atoms with Crippen molar-refractivity contribution < 1.29 is 5.11 Å². The van der Waals surface area contributed by atoms with Crippen molar-refractivity contribution >= 4 is 0 Å². The first-order chi connectivity index (χ1) is 7.62. The summed E-state index contributed by atoms with van der Waals surface area (Å²) in [7, 11) is 0. The molecule has 0 radical (unpaired) electrons. The van der Waals surface area contributed by atoms with Gasteiger partial charge in [0.15, 0.2) is 0 Å². The van der Waals surface area contributed by atoms with E-state index in [1.807, 2.05) is 0 Å². The SMILES string of the molecule is CC1C(O)CCC2C1CCC1(C)CCCC21. The zero-order valence-corrected chi connectivity index (χ0v) is 10.8. The molecule has 1 nitrogen and oxygen atoms in total. The topological polar surface area (TPSA) is 20.2 Å². The first kappa shape index (κ1) is 11.1. The molecule has 1 heteroatoms. The van der Waals surface area contributed by atoms with Crippen LogP contribution in [0, 0.1) is 29.1 Å². The molecule has 16 heavy (non-hydrogen) atoms. The minimum absolute atomic E-state index is 0.00740. The van der Waals surface area contributed by atoms with Crippen LogP contribution in [-0.2, 0) is 0 Å². The maximum atomic E-state index is 10.0. The fraction of sp³-hybridized carbons (Fsp3) is 1.00. The number of rotatable bonds is 0. The molecular weight excluding hydrogens is 196 g/mol. The third-order valence-electron chi connectivity index (χ3n) is 6.35. The predicted octanol–water partition coefficient (Wildman–Crippen LogP) is 3.61. The maximum absolute atomic E-state index is 10.0. The van der Waals surface area contributed by atoms with Crippen molar-refractivity contribution in [2.75, 3.05) is 0 Å². The van der Waals surface area contributed by atoms with Crippen LogP contribution in [0.2, 0.25) is 0 Å². The average molecular weight is 222 g/mol. The molecule has 0 aromatic heterocycles. The largest absolute Gasteiger partial charge is 0.393 e. The smallest absolute Gasteiger partial charge is 0.0568 e. The zero-order chi connectivity index (χ0) is 11.3. The van der Waals surface area contributed by atoms with Crippen LogP contribution in [0.3, 0.4) is 0 Å². The van der Waals surface area contributed by atoms with Crippen molar-refractivity contribution in [2.45, 2.75) is 64.9 Å². The molecule has 1 N–H and O–H groups in total. The normalized spacial score (nSPS) is 56.8. The maximum Gasteiger partial charge on any atom is 0.0568 e. The van der Waals surface area contributed by atoms with Gasteiger partial charge in [0.05, 0.1) is 6.10 Å². The molecule has 3 rings (SSSR count). The summed E-state index contributed by atoms with van der Waals surface area (Å²) in [5.74, 6) is 3.32. The van der Waals surface area contributed by atoms with Gasteiger partial charge >= 0.3 is 0 Å². The van der Waals surface area contributed by atoms with E-state index in [0.29, 0.717) is 11.3 Å². The van der Waals surface area contributed by atoms with Crippen molar-refractivity contribution in [3.8, 4) is 0 Å². The molecule has 0 spiro atoms. The van der Waals surface area contributed by atoms with Crippen LogP contribution in [0.5, 0.6) is 0 Å². The minimum Gasteiger partial charge on any atom is -0.393 e. The van der Waals surface area contributed by atoms with Gasteiger partial charge in [-0.15, -0.1) is 0 Å². The van der Waals surface area contributed by atoms with E-state index in [1.54, 1.807) is 0 Å². The Labute approximate surface area is 99.6 Å². The van der Waals surface area contributed by atoms with Gasteiger partial charge in [-0.25, -0.2) is 0 Å². The first-order valence-electron chi connectivity index (χ1n) is 7.30. The Morgan fingerprint density at radius 3 is 2.62 bits per heavy atom. The Bertz CT molecular complexity index is 275. The fourth-order valence-corrected chi connectivity index (χ4v) is 5.29. The number of aliphatic hydroxyl groups is 1. The Morgan fingerprint density at radius 1 is 1.00 bits per heavy atom. The van der Waals surface area contributed by atoms with Crippen LogP contribution < -0.4 is 0 Å². The van der Waals surface area contributed by atoms with Crippen molar-refractivity contribution in [2.24, 2.45) is 29.1 Å². The zero-order valence-electron chi connectivity index (χ0n) is 10.8. The lowest BCUT2D eigenvalue weighted by Crippen LogP contribution is -2.46. The standard InChI is InChI=1S/C15H26O/c1-10-11-7-9-15(2)8-3-4-13(15)12(11)5-6-14(10)16/h10-14,16H,3-9H2,1-2H3. The lowest BCUT2D eigenvalue weighted by atomic mass is 9.54. The molecule has 3 saturated carbocycles. The Morgan fingerprint density at radius 2 is 1.81 bits per heavy atom. The van der Waals surface area contributed by atoms with Crippen LogP contribution in [0.15, 0.2) is 0 Å². The van der Waals surface area contributed by atoms with Gasteiger partial charge in [0, 0.05) is 0 Å². The molecule has 3 fully saturated rings. The van der Waals surface area contributed by atoms with Gasteiger partial charge < -0.3 is 5.11 Å². The average Bonchev–Trinajstić information content (AvgIpc) is 2.65. The molecule has 0 heterocycles. The predicted molar refractivity (Wildman–Crippen MR) is 66.1 cm³/mol. The molecule has 3 aliphatic rings. The fourth-order valence-electron chi connectivity index (χ4n) is 5.29. The summed E-state index contributed by atoms with van der Waals surface area (Å²) in [5.41, 5.74) is 0.670.